The number of nitrogens with zero attached hydrogens (tertiary/aromatic N) is 4. The summed E-state index contributed by atoms with van der Waals surface area (Å²) in [6, 6.07) is 7.52. The van der Waals surface area contributed by atoms with Crippen molar-refractivity contribution in [3.05, 3.63) is 46.7 Å². The SMILES string of the molecule is CN(Cc1ccc2nsnc2c1)C(=O)c1cc(Cl)cn1C. The number of hydrogen-bond acceptors (Lipinski definition) is 4. The number of rotatable bonds is 3. The topological polar surface area (TPSA) is 51.0 Å². The molecule has 0 saturated heterocycles. The van der Waals surface area contributed by atoms with Crippen molar-refractivity contribution in [3.8, 4) is 0 Å². The molecule has 0 spiro atoms. The smallest absolute Gasteiger partial charge is 0.270 e. The maximum atomic E-state index is 12.4. The Hall–Kier alpha value is -1.92. The van der Waals surface area contributed by atoms with Crippen LogP contribution < -0.4 is 0 Å². The van der Waals surface area contributed by atoms with E-state index in [1.807, 2.05) is 18.2 Å². The van der Waals surface area contributed by atoms with E-state index in [1.54, 1.807) is 35.8 Å². The van der Waals surface area contributed by atoms with Gasteiger partial charge in [0.25, 0.3) is 5.91 Å². The average Bonchev–Trinajstić information content (AvgIpc) is 3.03. The summed E-state index contributed by atoms with van der Waals surface area (Å²) in [6.45, 7) is 0.509. The summed E-state index contributed by atoms with van der Waals surface area (Å²) in [5, 5.41) is 0.559. The van der Waals surface area contributed by atoms with Gasteiger partial charge in [-0.05, 0) is 23.8 Å². The first-order valence-corrected chi connectivity index (χ1v) is 7.44. The maximum absolute atomic E-state index is 12.4. The van der Waals surface area contributed by atoms with E-state index in [-0.39, 0.29) is 5.91 Å². The molecule has 1 amide bonds. The average molecular weight is 321 g/mol. The molecule has 5 nitrogen and oxygen atoms in total. The van der Waals surface area contributed by atoms with Crippen molar-refractivity contribution in [1.29, 1.82) is 0 Å². The molecule has 0 fully saturated rings. The summed E-state index contributed by atoms with van der Waals surface area (Å²) >= 11 is 7.11. The van der Waals surface area contributed by atoms with E-state index in [0.29, 0.717) is 17.3 Å². The Labute approximate surface area is 131 Å². The Bertz CT molecular complexity index is 810. The van der Waals surface area contributed by atoms with Gasteiger partial charge in [0, 0.05) is 26.8 Å². The summed E-state index contributed by atoms with van der Waals surface area (Å²) in [6.07, 6.45) is 1.72. The molecule has 0 aliphatic heterocycles. The summed E-state index contributed by atoms with van der Waals surface area (Å²) in [4.78, 5) is 14.1. The Morgan fingerprint density at radius 1 is 1.33 bits per heavy atom. The van der Waals surface area contributed by atoms with E-state index < -0.39 is 0 Å². The van der Waals surface area contributed by atoms with Gasteiger partial charge in [0.1, 0.15) is 16.7 Å². The maximum Gasteiger partial charge on any atom is 0.270 e. The number of hydrogen-bond donors (Lipinski definition) is 0. The van der Waals surface area contributed by atoms with E-state index >= 15 is 0 Å². The molecule has 0 radical (unpaired) electrons. The molecule has 2 heterocycles. The molecule has 7 heteroatoms. The highest BCUT2D eigenvalue weighted by molar-refractivity contribution is 7.00. The second-order valence-electron chi connectivity index (χ2n) is 4.90. The fourth-order valence-electron chi connectivity index (χ4n) is 2.20. The molecule has 3 rings (SSSR count). The monoisotopic (exact) mass is 320 g/mol. The minimum Gasteiger partial charge on any atom is -0.345 e. The first-order chi connectivity index (χ1) is 10.0. The summed E-state index contributed by atoms with van der Waals surface area (Å²) < 4.78 is 10.1. The third-order valence-corrected chi connectivity index (χ3v) is 4.04. The van der Waals surface area contributed by atoms with Crippen LogP contribution in [0.5, 0.6) is 0 Å². The van der Waals surface area contributed by atoms with Gasteiger partial charge >= 0.3 is 0 Å². The Kier molecular flexibility index (Phi) is 3.65. The van der Waals surface area contributed by atoms with Crippen LogP contribution in [-0.2, 0) is 13.6 Å². The predicted octanol–water partition coefficient (Wildman–Crippen LogP) is 2.96. The lowest BCUT2D eigenvalue weighted by Crippen LogP contribution is -2.27. The van der Waals surface area contributed by atoms with Crippen LogP contribution in [-0.4, -0.2) is 31.2 Å². The Morgan fingerprint density at radius 3 is 2.81 bits per heavy atom. The molecule has 0 unspecified atom stereocenters. The number of aryl methyl sites for hydroxylation is 1. The molecule has 0 aliphatic carbocycles. The van der Waals surface area contributed by atoms with Crippen LogP contribution in [0.25, 0.3) is 11.0 Å². The number of carbonyl (C=O) groups is 1. The van der Waals surface area contributed by atoms with E-state index in [2.05, 4.69) is 8.75 Å². The molecule has 0 saturated carbocycles. The van der Waals surface area contributed by atoms with Gasteiger partial charge in [-0.3, -0.25) is 4.79 Å². The van der Waals surface area contributed by atoms with E-state index in [4.69, 9.17) is 11.6 Å². The van der Waals surface area contributed by atoms with Gasteiger partial charge in [0.05, 0.1) is 16.8 Å². The van der Waals surface area contributed by atoms with E-state index in [1.165, 1.54) is 11.7 Å². The van der Waals surface area contributed by atoms with E-state index in [0.717, 1.165) is 16.6 Å². The predicted molar refractivity (Wildman–Crippen MR) is 83.6 cm³/mol. The molecule has 3 aromatic rings. The number of benzene rings is 1. The van der Waals surface area contributed by atoms with Crippen molar-refractivity contribution in [1.82, 2.24) is 18.2 Å². The van der Waals surface area contributed by atoms with Crippen LogP contribution in [0, 0.1) is 0 Å². The number of fused-ring (bicyclic) bond motifs is 1. The third-order valence-electron chi connectivity index (χ3n) is 3.28. The van der Waals surface area contributed by atoms with Gasteiger partial charge in [-0.25, -0.2) is 0 Å². The van der Waals surface area contributed by atoms with Gasteiger partial charge in [-0.15, -0.1) is 0 Å². The zero-order chi connectivity index (χ0) is 15.0. The van der Waals surface area contributed by atoms with Crippen molar-refractivity contribution >= 4 is 40.3 Å². The largest absolute Gasteiger partial charge is 0.345 e. The molecule has 2 aromatic heterocycles. The number of aromatic nitrogens is 3. The standard InChI is InChI=1S/C14H13ClN4OS/c1-18-8-10(15)6-13(18)14(20)19(2)7-9-3-4-11-12(5-9)17-21-16-11/h3-6,8H,7H2,1-2H3. The molecule has 1 aromatic carbocycles. The number of carbonyl (C=O) groups excluding carboxylic acids is 1. The summed E-state index contributed by atoms with van der Waals surface area (Å²) in [5.41, 5.74) is 3.33. The highest BCUT2D eigenvalue weighted by Crippen LogP contribution is 2.17. The fourth-order valence-corrected chi connectivity index (χ4v) is 2.97. The molecule has 108 valence electrons. The second kappa shape index (κ2) is 5.46. The number of amides is 1. The van der Waals surface area contributed by atoms with Crippen LogP contribution in [0.1, 0.15) is 16.1 Å². The summed E-state index contributed by atoms with van der Waals surface area (Å²) in [5.74, 6) is -0.0686. The van der Waals surface area contributed by atoms with Crippen LogP contribution in [0.15, 0.2) is 30.5 Å². The normalized spacial score (nSPS) is 11.0. The van der Waals surface area contributed by atoms with E-state index in [9.17, 15) is 4.79 Å². The van der Waals surface area contributed by atoms with Crippen molar-refractivity contribution in [2.24, 2.45) is 7.05 Å². The lowest BCUT2D eigenvalue weighted by molar-refractivity contribution is 0.0775. The van der Waals surface area contributed by atoms with Crippen LogP contribution >= 0.6 is 23.3 Å². The summed E-state index contributed by atoms with van der Waals surface area (Å²) in [7, 11) is 3.58. The third kappa shape index (κ3) is 2.77. The molecular formula is C14H13ClN4OS. The van der Waals surface area contributed by atoms with Crippen molar-refractivity contribution < 1.29 is 4.79 Å². The van der Waals surface area contributed by atoms with Gasteiger partial charge in [-0.2, -0.15) is 8.75 Å². The quantitative estimate of drug-likeness (QED) is 0.745. The first-order valence-electron chi connectivity index (χ1n) is 6.33. The van der Waals surface area contributed by atoms with Gasteiger partial charge in [-0.1, -0.05) is 17.7 Å². The minimum absolute atomic E-state index is 0.0686. The molecule has 0 bridgehead atoms. The van der Waals surface area contributed by atoms with Crippen LogP contribution in [0.3, 0.4) is 0 Å². The highest BCUT2D eigenvalue weighted by Gasteiger charge is 2.16. The zero-order valence-electron chi connectivity index (χ0n) is 11.6. The molecule has 21 heavy (non-hydrogen) atoms. The zero-order valence-corrected chi connectivity index (χ0v) is 13.1. The van der Waals surface area contributed by atoms with Crippen molar-refractivity contribution in [3.63, 3.8) is 0 Å². The minimum atomic E-state index is -0.0686. The Balaban J connectivity index is 1.80. The molecule has 0 N–H and O–H groups in total. The Morgan fingerprint density at radius 2 is 2.10 bits per heavy atom. The van der Waals surface area contributed by atoms with Gasteiger partial charge < -0.3 is 9.47 Å². The molecular weight excluding hydrogens is 308 g/mol. The van der Waals surface area contributed by atoms with Crippen molar-refractivity contribution in [2.45, 2.75) is 6.54 Å². The number of halogens is 1. The van der Waals surface area contributed by atoms with Gasteiger partial charge in [0.2, 0.25) is 0 Å². The van der Waals surface area contributed by atoms with Gasteiger partial charge in [0.15, 0.2) is 0 Å². The highest BCUT2D eigenvalue weighted by atomic mass is 35.5. The molecule has 0 atom stereocenters. The fraction of sp³-hybridized carbons (Fsp3) is 0.214. The lowest BCUT2D eigenvalue weighted by Gasteiger charge is -2.17. The first kappa shape index (κ1) is 14.0. The second-order valence-corrected chi connectivity index (χ2v) is 5.87. The van der Waals surface area contributed by atoms with Crippen LogP contribution in [0.2, 0.25) is 5.02 Å². The lowest BCUT2D eigenvalue weighted by atomic mass is 10.2. The van der Waals surface area contributed by atoms with Crippen molar-refractivity contribution in [2.75, 3.05) is 7.05 Å². The molecule has 0 aliphatic rings. The van der Waals surface area contributed by atoms with Crippen LogP contribution in [0.4, 0.5) is 0 Å².